The second-order valence-corrected chi connectivity index (χ2v) is 4.89. The second-order valence-electron chi connectivity index (χ2n) is 4.49. The molecule has 0 aliphatic heterocycles. The molecule has 106 valence electrons. The van der Waals surface area contributed by atoms with Gasteiger partial charge in [0, 0.05) is 5.56 Å². The van der Waals surface area contributed by atoms with E-state index in [2.05, 4.69) is 5.43 Å². The van der Waals surface area contributed by atoms with Crippen LogP contribution < -0.4 is 11.3 Å². The third-order valence-electron chi connectivity index (χ3n) is 3.21. The van der Waals surface area contributed by atoms with Gasteiger partial charge in [-0.05, 0) is 29.7 Å². The lowest BCUT2D eigenvalue weighted by atomic mass is 9.96. The van der Waals surface area contributed by atoms with Crippen LogP contribution in [0.4, 0.5) is 8.78 Å². The number of benzene rings is 2. The van der Waals surface area contributed by atoms with E-state index in [-0.39, 0.29) is 10.6 Å². The van der Waals surface area contributed by atoms with Crippen LogP contribution in [-0.4, -0.2) is 0 Å². The van der Waals surface area contributed by atoms with Gasteiger partial charge in [0.05, 0.1) is 11.1 Å². The Morgan fingerprint density at radius 2 is 1.95 bits per heavy atom. The van der Waals surface area contributed by atoms with Crippen molar-refractivity contribution in [2.24, 2.45) is 5.84 Å². The van der Waals surface area contributed by atoms with Gasteiger partial charge in [-0.3, -0.25) is 5.84 Å². The highest BCUT2D eigenvalue weighted by atomic mass is 35.5. The molecule has 1 atom stereocenters. The lowest BCUT2D eigenvalue weighted by Gasteiger charge is -2.18. The van der Waals surface area contributed by atoms with E-state index < -0.39 is 17.7 Å². The molecule has 0 amide bonds. The molecule has 0 radical (unpaired) electrons. The number of hydrogen-bond acceptors (Lipinski definition) is 2. The molecule has 2 rings (SSSR count). The Hall–Kier alpha value is -1.49. The Labute approximate surface area is 121 Å². The highest BCUT2D eigenvalue weighted by Crippen LogP contribution is 2.28. The van der Waals surface area contributed by atoms with Gasteiger partial charge in [0.2, 0.25) is 0 Å². The minimum atomic E-state index is -0.671. The van der Waals surface area contributed by atoms with Crippen LogP contribution in [0.5, 0.6) is 0 Å². The monoisotopic (exact) mass is 296 g/mol. The zero-order valence-electron chi connectivity index (χ0n) is 11.0. The normalized spacial score (nSPS) is 12.4. The third kappa shape index (κ3) is 2.98. The topological polar surface area (TPSA) is 38.0 Å². The highest BCUT2D eigenvalue weighted by Gasteiger charge is 2.19. The van der Waals surface area contributed by atoms with Gasteiger partial charge in [0.25, 0.3) is 0 Å². The lowest BCUT2D eigenvalue weighted by Crippen LogP contribution is -2.29. The van der Waals surface area contributed by atoms with E-state index in [1.807, 2.05) is 31.2 Å². The Balaban J connectivity index is 2.49. The van der Waals surface area contributed by atoms with Gasteiger partial charge in [-0.25, -0.2) is 14.2 Å². The summed E-state index contributed by atoms with van der Waals surface area (Å²) in [5, 5.41) is -0.246. The first-order chi connectivity index (χ1) is 9.56. The number of halogens is 3. The predicted molar refractivity (Wildman–Crippen MR) is 76.4 cm³/mol. The Bertz CT molecular complexity index is 617. The smallest absolute Gasteiger partial charge is 0.142 e. The molecule has 0 saturated heterocycles. The summed E-state index contributed by atoms with van der Waals surface area (Å²) in [4.78, 5) is 0. The first kappa shape index (κ1) is 14.9. The first-order valence-corrected chi connectivity index (χ1v) is 6.64. The van der Waals surface area contributed by atoms with E-state index in [9.17, 15) is 8.78 Å². The molecule has 2 aromatic rings. The van der Waals surface area contributed by atoms with Gasteiger partial charge in [0.1, 0.15) is 11.6 Å². The molecule has 0 bridgehead atoms. The van der Waals surface area contributed by atoms with Gasteiger partial charge in [-0.1, -0.05) is 42.8 Å². The Morgan fingerprint density at radius 1 is 1.20 bits per heavy atom. The van der Waals surface area contributed by atoms with E-state index in [0.717, 1.165) is 29.7 Å². The van der Waals surface area contributed by atoms with E-state index in [1.54, 1.807) is 0 Å². The largest absolute Gasteiger partial charge is 0.271 e. The fraction of sp³-hybridized carbons (Fsp3) is 0.200. The average molecular weight is 297 g/mol. The van der Waals surface area contributed by atoms with Gasteiger partial charge < -0.3 is 0 Å². The van der Waals surface area contributed by atoms with E-state index in [1.165, 1.54) is 0 Å². The Kier molecular flexibility index (Phi) is 4.70. The van der Waals surface area contributed by atoms with Crippen molar-refractivity contribution in [3.8, 4) is 0 Å². The standard InChI is InChI=1S/C15H15ClF2N2/c1-2-9-4-3-5-10(6-9)15(20-19)11-7-14(18)12(16)8-13(11)17/h3-8,15,20H,2,19H2,1H3. The van der Waals surface area contributed by atoms with Crippen molar-refractivity contribution in [3.05, 3.63) is 69.7 Å². The maximum absolute atomic E-state index is 14.0. The SMILES string of the molecule is CCc1cccc(C(NN)c2cc(F)c(Cl)cc2F)c1. The molecule has 3 N–H and O–H groups in total. The first-order valence-electron chi connectivity index (χ1n) is 6.26. The van der Waals surface area contributed by atoms with Crippen molar-refractivity contribution in [2.75, 3.05) is 0 Å². The summed E-state index contributed by atoms with van der Waals surface area (Å²) in [6.07, 6.45) is 0.850. The summed E-state index contributed by atoms with van der Waals surface area (Å²) in [6.45, 7) is 2.02. The maximum atomic E-state index is 14.0. The molecule has 2 aromatic carbocycles. The molecular weight excluding hydrogens is 282 g/mol. The van der Waals surface area contributed by atoms with Crippen LogP contribution in [0.2, 0.25) is 5.02 Å². The van der Waals surface area contributed by atoms with Crippen LogP contribution in [0, 0.1) is 11.6 Å². The van der Waals surface area contributed by atoms with Crippen molar-refractivity contribution in [1.82, 2.24) is 5.43 Å². The number of nitrogens with two attached hydrogens (primary N) is 1. The van der Waals surface area contributed by atoms with Crippen molar-refractivity contribution >= 4 is 11.6 Å². The third-order valence-corrected chi connectivity index (χ3v) is 3.50. The molecular formula is C15H15ClF2N2. The maximum Gasteiger partial charge on any atom is 0.142 e. The number of rotatable bonds is 4. The van der Waals surface area contributed by atoms with Gasteiger partial charge >= 0.3 is 0 Å². The summed E-state index contributed by atoms with van der Waals surface area (Å²) in [5.41, 5.74) is 4.52. The predicted octanol–water partition coefficient (Wildman–Crippen LogP) is 3.73. The fourth-order valence-electron chi connectivity index (χ4n) is 2.12. The summed E-state index contributed by atoms with van der Waals surface area (Å²) in [6, 6.07) is 8.96. The van der Waals surface area contributed by atoms with E-state index >= 15 is 0 Å². The molecule has 0 aliphatic rings. The van der Waals surface area contributed by atoms with Gasteiger partial charge in [-0.15, -0.1) is 0 Å². The number of hydrazine groups is 1. The van der Waals surface area contributed by atoms with Crippen LogP contribution in [0.25, 0.3) is 0 Å². The van der Waals surface area contributed by atoms with Crippen LogP contribution >= 0.6 is 11.6 Å². The molecule has 0 spiro atoms. The molecule has 2 nitrogen and oxygen atoms in total. The Morgan fingerprint density at radius 3 is 2.60 bits per heavy atom. The molecule has 5 heteroatoms. The minimum Gasteiger partial charge on any atom is -0.271 e. The number of aryl methyl sites for hydroxylation is 1. The summed E-state index contributed by atoms with van der Waals surface area (Å²) in [5.74, 6) is 4.25. The lowest BCUT2D eigenvalue weighted by molar-refractivity contribution is 0.545. The number of nitrogens with one attached hydrogen (secondary N) is 1. The molecule has 0 fully saturated rings. The summed E-state index contributed by atoms with van der Waals surface area (Å²) >= 11 is 5.56. The quantitative estimate of drug-likeness (QED) is 0.512. The second kappa shape index (κ2) is 6.31. The van der Waals surface area contributed by atoms with E-state index in [0.29, 0.717) is 0 Å². The average Bonchev–Trinajstić information content (AvgIpc) is 2.45. The van der Waals surface area contributed by atoms with Crippen LogP contribution in [0.1, 0.15) is 29.7 Å². The molecule has 0 aliphatic carbocycles. The van der Waals surface area contributed by atoms with Crippen molar-refractivity contribution in [1.29, 1.82) is 0 Å². The zero-order chi connectivity index (χ0) is 14.7. The van der Waals surface area contributed by atoms with Crippen molar-refractivity contribution in [2.45, 2.75) is 19.4 Å². The molecule has 0 saturated carbocycles. The molecule has 0 heterocycles. The summed E-state index contributed by atoms with van der Waals surface area (Å²) < 4.78 is 27.5. The minimum absolute atomic E-state index is 0.127. The van der Waals surface area contributed by atoms with Gasteiger partial charge in [-0.2, -0.15) is 0 Å². The van der Waals surface area contributed by atoms with E-state index in [4.69, 9.17) is 17.4 Å². The molecule has 1 unspecified atom stereocenters. The van der Waals surface area contributed by atoms with Crippen LogP contribution in [0.3, 0.4) is 0 Å². The van der Waals surface area contributed by atoms with Crippen LogP contribution in [-0.2, 0) is 6.42 Å². The van der Waals surface area contributed by atoms with Gasteiger partial charge in [0.15, 0.2) is 0 Å². The van der Waals surface area contributed by atoms with Crippen molar-refractivity contribution in [3.63, 3.8) is 0 Å². The zero-order valence-corrected chi connectivity index (χ0v) is 11.7. The molecule has 20 heavy (non-hydrogen) atoms. The molecule has 0 aromatic heterocycles. The summed E-state index contributed by atoms with van der Waals surface area (Å²) in [7, 11) is 0. The van der Waals surface area contributed by atoms with Crippen molar-refractivity contribution < 1.29 is 8.78 Å². The van der Waals surface area contributed by atoms with Crippen LogP contribution in [0.15, 0.2) is 36.4 Å². The number of hydrogen-bond donors (Lipinski definition) is 2. The fourth-order valence-corrected chi connectivity index (χ4v) is 2.27. The highest BCUT2D eigenvalue weighted by molar-refractivity contribution is 6.30.